The van der Waals surface area contributed by atoms with Gasteiger partial charge in [0.2, 0.25) is 0 Å². The molecule has 102 valence electrons. The average Bonchev–Trinajstić information content (AvgIpc) is 2.67. The van der Waals surface area contributed by atoms with Gasteiger partial charge in [-0.25, -0.2) is 0 Å². The van der Waals surface area contributed by atoms with Crippen LogP contribution in [0, 0.1) is 5.92 Å². The number of ether oxygens (including phenoxy) is 3. The summed E-state index contributed by atoms with van der Waals surface area (Å²) in [7, 11) is 3.38. The smallest absolute Gasteiger partial charge is 0.164 e. The number of hydrogen-bond donors (Lipinski definition) is 0. The van der Waals surface area contributed by atoms with Crippen molar-refractivity contribution in [3.63, 3.8) is 0 Å². The Hall–Kier alpha value is -0.160. The summed E-state index contributed by atoms with van der Waals surface area (Å²) in [6, 6.07) is 1.07. The van der Waals surface area contributed by atoms with Crippen LogP contribution in [0.25, 0.3) is 0 Å². The van der Waals surface area contributed by atoms with Crippen LogP contribution in [0.2, 0.25) is 0 Å². The van der Waals surface area contributed by atoms with Gasteiger partial charge in [0, 0.05) is 45.2 Å². The van der Waals surface area contributed by atoms with Gasteiger partial charge in [0.15, 0.2) is 12.6 Å². The number of hydrogen-bond acceptors (Lipinski definition) is 4. The van der Waals surface area contributed by atoms with E-state index in [1.807, 2.05) is 0 Å². The molecular weight excluding hydrogens is 218 g/mol. The van der Waals surface area contributed by atoms with Gasteiger partial charge in [0.1, 0.15) is 0 Å². The SMILES string of the molecule is COC1CC(CN(C(C)C)C(C)C)C(OC)O1. The predicted molar refractivity (Wildman–Crippen MR) is 67.8 cm³/mol. The molecule has 0 aromatic carbocycles. The normalized spacial score (nSPS) is 29.8. The molecule has 1 heterocycles. The highest BCUT2D eigenvalue weighted by Crippen LogP contribution is 2.29. The first-order valence-corrected chi connectivity index (χ1v) is 6.46. The minimum atomic E-state index is -0.139. The number of methoxy groups -OCH3 is 2. The molecule has 0 saturated carbocycles. The van der Waals surface area contributed by atoms with Gasteiger partial charge in [-0.3, -0.25) is 4.90 Å². The van der Waals surface area contributed by atoms with Gasteiger partial charge in [-0.1, -0.05) is 0 Å². The summed E-state index contributed by atoms with van der Waals surface area (Å²) in [6.07, 6.45) is 0.649. The lowest BCUT2D eigenvalue weighted by Gasteiger charge is -2.33. The maximum absolute atomic E-state index is 5.66. The highest BCUT2D eigenvalue weighted by Gasteiger charge is 2.37. The summed E-state index contributed by atoms with van der Waals surface area (Å²) >= 11 is 0. The topological polar surface area (TPSA) is 30.9 Å². The lowest BCUT2D eigenvalue weighted by atomic mass is 10.0. The monoisotopic (exact) mass is 245 g/mol. The maximum atomic E-state index is 5.66. The zero-order chi connectivity index (χ0) is 13.0. The molecule has 3 unspecified atom stereocenters. The summed E-state index contributed by atoms with van der Waals surface area (Å²) in [5, 5.41) is 0. The summed E-state index contributed by atoms with van der Waals surface area (Å²) in [4.78, 5) is 2.47. The third-order valence-electron chi connectivity index (χ3n) is 3.43. The van der Waals surface area contributed by atoms with Crippen LogP contribution in [0.3, 0.4) is 0 Å². The molecule has 0 aromatic rings. The third kappa shape index (κ3) is 3.91. The minimum Gasteiger partial charge on any atom is -0.356 e. The molecule has 0 spiro atoms. The molecule has 0 bridgehead atoms. The molecule has 4 heteroatoms. The van der Waals surface area contributed by atoms with Crippen molar-refractivity contribution < 1.29 is 14.2 Å². The van der Waals surface area contributed by atoms with Crippen LogP contribution in [0.5, 0.6) is 0 Å². The number of rotatable bonds is 6. The second-order valence-corrected chi connectivity index (χ2v) is 5.29. The van der Waals surface area contributed by atoms with E-state index >= 15 is 0 Å². The Balaban J connectivity index is 2.59. The standard InChI is InChI=1S/C13H27NO3/c1-9(2)14(10(3)4)8-11-7-12(15-5)17-13(11)16-6/h9-13H,7-8H2,1-6H3. The Kier molecular flexibility index (Phi) is 5.86. The molecule has 1 aliphatic heterocycles. The Labute approximate surface area is 105 Å². The fourth-order valence-corrected chi connectivity index (χ4v) is 2.52. The van der Waals surface area contributed by atoms with E-state index < -0.39 is 0 Å². The van der Waals surface area contributed by atoms with E-state index in [-0.39, 0.29) is 12.6 Å². The van der Waals surface area contributed by atoms with E-state index in [0.29, 0.717) is 18.0 Å². The lowest BCUT2D eigenvalue weighted by molar-refractivity contribution is -0.194. The molecule has 1 aliphatic rings. The molecule has 1 saturated heterocycles. The van der Waals surface area contributed by atoms with Gasteiger partial charge in [-0.15, -0.1) is 0 Å². The van der Waals surface area contributed by atoms with E-state index in [1.54, 1.807) is 14.2 Å². The average molecular weight is 245 g/mol. The second-order valence-electron chi connectivity index (χ2n) is 5.29. The van der Waals surface area contributed by atoms with Crippen molar-refractivity contribution in [1.29, 1.82) is 0 Å². The van der Waals surface area contributed by atoms with Crippen molar-refractivity contribution >= 4 is 0 Å². The highest BCUT2D eigenvalue weighted by molar-refractivity contribution is 4.79. The number of nitrogens with zero attached hydrogens (tertiary/aromatic N) is 1. The predicted octanol–water partition coefficient (Wildman–Crippen LogP) is 2.09. The van der Waals surface area contributed by atoms with E-state index in [9.17, 15) is 0 Å². The van der Waals surface area contributed by atoms with E-state index in [4.69, 9.17) is 14.2 Å². The first-order chi connectivity index (χ1) is 7.99. The van der Waals surface area contributed by atoms with Crippen LogP contribution in [0.15, 0.2) is 0 Å². The van der Waals surface area contributed by atoms with Gasteiger partial charge in [-0.05, 0) is 27.7 Å². The lowest BCUT2D eigenvalue weighted by Crippen LogP contribution is -2.42. The summed E-state index contributed by atoms with van der Waals surface area (Å²) in [6.45, 7) is 9.90. The van der Waals surface area contributed by atoms with Crippen LogP contribution in [0.1, 0.15) is 34.1 Å². The first kappa shape index (κ1) is 14.9. The molecule has 0 amide bonds. The van der Waals surface area contributed by atoms with Gasteiger partial charge >= 0.3 is 0 Å². The molecule has 0 N–H and O–H groups in total. The van der Waals surface area contributed by atoms with E-state index in [1.165, 1.54) is 0 Å². The second kappa shape index (κ2) is 6.69. The fraction of sp³-hybridized carbons (Fsp3) is 1.00. The van der Waals surface area contributed by atoms with Crippen LogP contribution in [-0.2, 0) is 14.2 Å². The van der Waals surface area contributed by atoms with Gasteiger partial charge < -0.3 is 14.2 Å². The quantitative estimate of drug-likeness (QED) is 0.717. The highest BCUT2D eigenvalue weighted by atomic mass is 16.8. The zero-order valence-electron chi connectivity index (χ0n) is 12.0. The van der Waals surface area contributed by atoms with Crippen LogP contribution < -0.4 is 0 Å². The van der Waals surface area contributed by atoms with Gasteiger partial charge in [0.05, 0.1) is 0 Å². The van der Waals surface area contributed by atoms with Crippen LogP contribution in [0.4, 0.5) is 0 Å². The third-order valence-corrected chi connectivity index (χ3v) is 3.43. The molecule has 0 radical (unpaired) electrons. The fourth-order valence-electron chi connectivity index (χ4n) is 2.52. The van der Waals surface area contributed by atoms with Crippen molar-refractivity contribution in [2.75, 3.05) is 20.8 Å². The van der Waals surface area contributed by atoms with Crippen molar-refractivity contribution in [2.45, 2.75) is 58.8 Å². The molecule has 3 atom stereocenters. The Morgan fingerprint density at radius 3 is 2.12 bits per heavy atom. The molecule has 4 nitrogen and oxygen atoms in total. The van der Waals surface area contributed by atoms with E-state index in [2.05, 4.69) is 32.6 Å². The Morgan fingerprint density at radius 1 is 1.12 bits per heavy atom. The molecule has 17 heavy (non-hydrogen) atoms. The van der Waals surface area contributed by atoms with Crippen LogP contribution >= 0.6 is 0 Å². The zero-order valence-corrected chi connectivity index (χ0v) is 12.0. The van der Waals surface area contributed by atoms with Crippen LogP contribution in [-0.4, -0.2) is 50.3 Å². The van der Waals surface area contributed by atoms with Crippen molar-refractivity contribution in [1.82, 2.24) is 4.90 Å². The van der Waals surface area contributed by atoms with Gasteiger partial charge in [0.25, 0.3) is 0 Å². The first-order valence-electron chi connectivity index (χ1n) is 6.46. The summed E-state index contributed by atoms with van der Waals surface area (Å²) < 4.78 is 16.3. The molecule has 0 aromatic heterocycles. The Bertz CT molecular complexity index is 213. The minimum absolute atomic E-state index is 0.119. The largest absolute Gasteiger partial charge is 0.356 e. The van der Waals surface area contributed by atoms with Crippen molar-refractivity contribution in [2.24, 2.45) is 5.92 Å². The van der Waals surface area contributed by atoms with Crippen molar-refractivity contribution in [3.8, 4) is 0 Å². The molecule has 1 fully saturated rings. The summed E-state index contributed by atoms with van der Waals surface area (Å²) in [5.74, 6) is 0.384. The molecule has 0 aliphatic carbocycles. The Morgan fingerprint density at radius 2 is 1.71 bits per heavy atom. The summed E-state index contributed by atoms with van der Waals surface area (Å²) in [5.41, 5.74) is 0. The molecule has 1 rings (SSSR count). The maximum Gasteiger partial charge on any atom is 0.164 e. The van der Waals surface area contributed by atoms with E-state index in [0.717, 1.165) is 13.0 Å². The van der Waals surface area contributed by atoms with Crippen molar-refractivity contribution in [3.05, 3.63) is 0 Å². The molecular formula is C13H27NO3. The van der Waals surface area contributed by atoms with Gasteiger partial charge in [-0.2, -0.15) is 0 Å².